The SMILES string of the molecule is Cc1cc(OCC(C)c2oc(-c3ccccc3-c3ncccn3)nc2C(C)C)ccc1CCC(=O)O. The van der Waals surface area contributed by atoms with Gasteiger partial charge in [-0.25, -0.2) is 15.0 Å². The van der Waals surface area contributed by atoms with Crippen molar-refractivity contribution in [2.45, 2.75) is 52.4 Å². The zero-order valence-corrected chi connectivity index (χ0v) is 21.1. The van der Waals surface area contributed by atoms with Gasteiger partial charge in [0.05, 0.1) is 18.2 Å². The number of ether oxygens (including phenoxy) is 1. The highest BCUT2D eigenvalue weighted by Gasteiger charge is 2.24. The molecule has 7 nitrogen and oxygen atoms in total. The Kier molecular flexibility index (Phi) is 7.78. The fourth-order valence-corrected chi connectivity index (χ4v) is 4.11. The fourth-order valence-electron chi connectivity index (χ4n) is 4.11. The molecule has 1 atom stereocenters. The maximum Gasteiger partial charge on any atom is 0.303 e. The van der Waals surface area contributed by atoms with Crippen molar-refractivity contribution in [2.24, 2.45) is 0 Å². The highest BCUT2D eigenvalue weighted by atomic mass is 16.5. The van der Waals surface area contributed by atoms with Crippen LogP contribution in [0.15, 0.2) is 65.3 Å². The third-order valence-corrected chi connectivity index (χ3v) is 6.06. The van der Waals surface area contributed by atoms with Gasteiger partial charge in [-0.05, 0) is 54.7 Å². The van der Waals surface area contributed by atoms with Crippen LogP contribution in [0.3, 0.4) is 0 Å². The van der Waals surface area contributed by atoms with Gasteiger partial charge in [0.15, 0.2) is 5.82 Å². The number of hydrogen-bond donors (Lipinski definition) is 1. The Bertz CT molecular complexity index is 1330. The lowest BCUT2D eigenvalue weighted by Crippen LogP contribution is -2.09. The van der Waals surface area contributed by atoms with Crippen molar-refractivity contribution in [3.05, 3.63) is 83.5 Å². The number of aromatic nitrogens is 3. The number of oxazole rings is 1. The zero-order chi connectivity index (χ0) is 25.7. The molecule has 0 aliphatic rings. The fraction of sp³-hybridized carbons (Fsp3) is 0.310. The minimum absolute atomic E-state index is 0.0317. The molecule has 0 amide bonds. The van der Waals surface area contributed by atoms with Crippen LogP contribution in [-0.4, -0.2) is 32.6 Å². The van der Waals surface area contributed by atoms with Crippen LogP contribution in [0.2, 0.25) is 0 Å². The van der Waals surface area contributed by atoms with Gasteiger partial charge in [-0.1, -0.05) is 45.0 Å². The summed E-state index contributed by atoms with van der Waals surface area (Å²) in [4.78, 5) is 24.6. The summed E-state index contributed by atoms with van der Waals surface area (Å²) in [6, 6.07) is 15.4. The topological polar surface area (TPSA) is 98.3 Å². The summed E-state index contributed by atoms with van der Waals surface area (Å²) < 4.78 is 12.5. The van der Waals surface area contributed by atoms with Gasteiger partial charge in [0.25, 0.3) is 0 Å². The van der Waals surface area contributed by atoms with Gasteiger partial charge in [0, 0.05) is 29.9 Å². The van der Waals surface area contributed by atoms with E-state index in [0.29, 0.717) is 24.7 Å². The third kappa shape index (κ3) is 5.79. The van der Waals surface area contributed by atoms with Crippen LogP contribution in [0, 0.1) is 6.92 Å². The van der Waals surface area contributed by atoms with Crippen LogP contribution in [0.5, 0.6) is 5.75 Å². The first-order chi connectivity index (χ1) is 17.3. The molecule has 1 N–H and O–H groups in total. The first-order valence-corrected chi connectivity index (χ1v) is 12.1. The molecular formula is C29H31N3O4. The molecule has 0 saturated carbocycles. The third-order valence-electron chi connectivity index (χ3n) is 6.06. The molecule has 0 saturated heterocycles. The van der Waals surface area contributed by atoms with Gasteiger partial charge in [-0.2, -0.15) is 0 Å². The summed E-state index contributed by atoms with van der Waals surface area (Å²) in [5.41, 5.74) is 4.65. The van der Waals surface area contributed by atoms with Crippen LogP contribution in [-0.2, 0) is 11.2 Å². The van der Waals surface area contributed by atoms with Crippen molar-refractivity contribution in [3.8, 4) is 28.6 Å². The van der Waals surface area contributed by atoms with Gasteiger partial charge in [0.2, 0.25) is 5.89 Å². The number of carboxylic acid groups (broad SMARTS) is 1. The van der Waals surface area contributed by atoms with Crippen LogP contribution in [0.25, 0.3) is 22.8 Å². The Morgan fingerprint density at radius 2 is 1.75 bits per heavy atom. The number of carboxylic acids is 1. The summed E-state index contributed by atoms with van der Waals surface area (Å²) in [7, 11) is 0. The molecule has 7 heteroatoms. The van der Waals surface area contributed by atoms with Gasteiger partial charge in [0.1, 0.15) is 11.5 Å². The molecule has 2 aromatic heterocycles. The first kappa shape index (κ1) is 25.1. The molecule has 2 heterocycles. The molecule has 4 aromatic rings. The quantitative estimate of drug-likeness (QED) is 0.276. The van der Waals surface area contributed by atoms with Crippen molar-refractivity contribution in [3.63, 3.8) is 0 Å². The molecule has 186 valence electrons. The Morgan fingerprint density at radius 3 is 2.42 bits per heavy atom. The van der Waals surface area contributed by atoms with E-state index in [0.717, 1.165) is 39.5 Å². The summed E-state index contributed by atoms with van der Waals surface area (Å²) in [6.45, 7) is 8.66. The van der Waals surface area contributed by atoms with Gasteiger partial charge in [-0.3, -0.25) is 4.79 Å². The Labute approximate surface area is 211 Å². The van der Waals surface area contributed by atoms with Gasteiger partial charge >= 0.3 is 5.97 Å². The number of aryl methyl sites for hydroxylation is 2. The van der Waals surface area contributed by atoms with Crippen molar-refractivity contribution >= 4 is 5.97 Å². The molecular weight excluding hydrogens is 454 g/mol. The van der Waals surface area contributed by atoms with E-state index >= 15 is 0 Å². The number of benzene rings is 2. The lowest BCUT2D eigenvalue weighted by atomic mass is 10.0. The maximum atomic E-state index is 10.9. The van der Waals surface area contributed by atoms with Crippen molar-refractivity contribution in [2.75, 3.05) is 6.61 Å². The number of hydrogen-bond acceptors (Lipinski definition) is 6. The second-order valence-electron chi connectivity index (χ2n) is 9.24. The molecule has 36 heavy (non-hydrogen) atoms. The summed E-state index contributed by atoms with van der Waals surface area (Å²) in [5, 5.41) is 8.94. The number of rotatable bonds is 10. The highest BCUT2D eigenvalue weighted by Crippen LogP contribution is 2.35. The Balaban J connectivity index is 1.55. The predicted molar refractivity (Wildman–Crippen MR) is 138 cm³/mol. The number of nitrogens with zero attached hydrogens (tertiary/aromatic N) is 3. The predicted octanol–water partition coefficient (Wildman–Crippen LogP) is 6.43. The molecule has 0 fully saturated rings. The van der Waals surface area contributed by atoms with E-state index in [4.69, 9.17) is 19.2 Å². The summed E-state index contributed by atoms with van der Waals surface area (Å²) in [6.07, 6.45) is 4.06. The molecule has 0 bridgehead atoms. The molecule has 0 aliphatic carbocycles. The minimum Gasteiger partial charge on any atom is -0.493 e. The number of aliphatic carboxylic acids is 1. The normalized spacial score (nSPS) is 12.0. The second kappa shape index (κ2) is 11.2. The number of carbonyl (C=O) groups is 1. The van der Waals surface area contributed by atoms with Crippen LogP contribution < -0.4 is 4.74 Å². The van der Waals surface area contributed by atoms with E-state index in [2.05, 4.69) is 30.7 Å². The van der Waals surface area contributed by atoms with E-state index in [-0.39, 0.29) is 18.3 Å². The highest BCUT2D eigenvalue weighted by molar-refractivity contribution is 5.76. The summed E-state index contributed by atoms with van der Waals surface area (Å²) >= 11 is 0. The van der Waals surface area contributed by atoms with Crippen molar-refractivity contribution in [1.29, 1.82) is 0 Å². The van der Waals surface area contributed by atoms with Crippen LogP contribution in [0.4, 0.5) is 0 Å². The lowest BCUT2D eigenvalue weighted by molar-refractivity contribution is -0.136. The van der Waals surface area contributed by atoms with Crippen LogP contribution >= 0.6 is 0 Å². The molecule has 2 aromatic carbocycles. The molecule has 4 rings (SSSR count). The average Bonchev–Trinajstić information content (AvgIpc) is 3.33. The Morgan fingerprint density at radius 1 is 1.03 bits per heavy atom. The monoisotopic (exact) mass is 485 g/mol. The average molecular weight is 486 g/mol. The van der Waals surface area contributed by atoms with Crippen LogP contribution in [0.1, 0.15) is 61.6 Å². The van der Waals surface area contributed by atoms with E-state index in [9.17, 15) is 4.79 Å². The van der Waals surface area contributed by atoms with Crippen molar-refractivity contribution in [1.82, 2.24) is 15.0 Å². The minimum atomic E-state index is -0.796. The molecule has 1 unspecified atom stereocenters. The smallest absolute Gasteiger partial charge is 0.303 e. The molecule has 0 aliphatic heterocycles. The van der Waals surface area contributed by atoms with E-state index in [1.165, 1.54) is 0 Å². The summed E-state index contributed by atoms with van der Waals surface area (Å²) in [5.74, 6) is 2.07. The standard InChI is InChI=1S/C29H31N3O4/c1-18(2)26-27(20(4)17-35-22-12-10-21(19(3)16-22)11-13-25(33)34)36-29(32-26)24-9-6-5-8-23(24)28-30-14-7-15-31-28/h5-10,12,14-16,18,20H,11,13,17H2,1-4H3,(H,33,34). The molecule has 0 spiro atoms. The Hall–Kier alpha value is -4.00. The maximum absolute atomic E-state index is 10.9. The van der Waals surface area contributed by atoms with Crippen molar-refractivity contribution < 1.29 is 19.1 Å². The zero-order valence-electron chi connectivity index (χ0n) is 21.1. The lowest BCUT2D eigenvalue weighted by Gasteiger charge is -2.14. The van der Waals surface area contributed by atoms with E-state index < -0.39 is 5.97 Å². The molecule has 0 radical (unpaired) electrons. The van der Waals surface area contributed by atoms with Gasteiger partial charge < -0.3 is 14.3 Å². The largest absolute Gasteiger partial charge is 0.493 e. The van der Waals surface area contributed by atoms with E-state index in [1.54, 1.807) is 18.5 Å². The van der Waals surface area contributed by atoms with Gasteiger partial charge in [-0.15, -0.1) is 0 Å². The van der Waals surface area contributed by atoms with E-state index in [1.807, 2.05) is 49.4 Å². The second-order valence-corrected chi connectivity index (χ2v) is 9.24. The first-order valence-electron chi connectivity index (χ1n) is 12.1.